The molecular weight excluding hydrogens is 831 g/mol. The molecule has 12 rings (SSSR count). The minimum absolute atomic E-state index is 1.09. The van der Waals surface area contributed by atoms with Gasteiger partial charge in [0.15, 0.2) is 0 Å². The van der Waals surface area contributed by atoms with E-state index in [4.69, 9.17) is 0 Å². The highest BCUT2D eigenvalue weighted by Gasteiger charge is 2.19. The first-order chi connectivity index (χ1) is 34.2. The molecule has 0 spiro atoms. The van der Waals surface area contributed by atoms with Crippen molar-refractivity contribution in [2.24, 2.45) is 0 Å². The van der Waals surface area contributed by atoms with Gasteiger partial charge in [0.05, 0.1) is 0 Å². The van der Waals surface area contributed by atoms with Crippen molar-refractivity contribution in [3.63, 3.8) is 0 Å². The van der Waals surface area contributed by atoms with Crippen molar-refractivity contribution in [1.82, 2.24) is 0 Å². The average molecular weight is 878 g/mol. The van der Waals surface area contributed by atoms with Crippen molar-refractivity contribution in [1.29, 1.82) is 0 Å². The van der Waals surface area contributed by atoms with Crippen LogP contribution in [-0.4, -0.2) is 0 Å². The van der Waals surface area contributed by atoms with E-state index in [0.717, 1.165) is 22.6 Å². The van der Waals surface area contributed by atoms with Gasteiger partial charge in [-0.05, 0) is 135 Å². The summed E-state index contributed by atoms with van der Waals surface area (Å²) in [6, 6.07) is 98.9. The van der Waals surface area contributed by atoms with Gasteiger partial charge in [-0.1, -0.05) is 249 Å². The number of benzene rings is 12. The van der Waals surface area contributed by atoms with Crippen LogP contribution in [-0.2, 0) is 0 Å². The molecule has 0 atom stereocenters. The molecule has 0 amide bonds. The number of hydrogen-bond donors (Lipinski definition) is 0. The predicted molar refractivity (Wildman–Crippen MR) is 296 cm³/mol. The van der Waals surface area contributed by atoms with Crippen LogP contribution in [0.3, 0.4) is 0 Å². The van der Waals surface area contributed by atoms with Crippen LogP contribution in [0.5, 0.6) is 0 Å². The van der Waals surface area contributed by atoms with E-state index in [1.54, 1.807) is 0 Å². The van der Waals surface area contributed by atoms with Crippen LogP contribution in [0.2, 0.25) is 0 Å². The first kappa shape index (κ1) is 41.4. The normalized spacial score (nSPS) is 11.4. The number of nitrogens with zero attached hydrogens (tertiary/aromatic N) is 1. The van der Waals surface area contributed by atoms with Crippen LogP contribution in [0, 0.1) is 0 Å². The molecule has 0 aliphatic heterocycles. The van der Waals surface area contributed by atoms with Crippen molar-refractivity contribution in [3.8, 4) is 55.6 Å². The summed E-state index contributed by atoms with van der Waals surface area (Å²) in [5.41, 5.74) is 17.8. The van der Waals surface area contributed by atoms with Gasteiger partial charge in [-0.15, -0.1) is 0 Å². The van der Waals surface area contributed by atoms with E-state index >= 15 is 0 Å². The molecule has 0 saturated heterocycles. The van der Waals surface area contributed by atoms with Crippen molar-refractivity contribution in [2.45, 2.75) is 0 Å². The first-order valence-corrected chi connectivity index (χ1v) is 23.7. The zero-order valence-electron chi connectivity index (χ0n) is 38.1. The topological polar surface area (TPSA) is 3.24 Å². The van der Waals surface area contributed by atoms with Crippen LogP contribution in [0.15, 0.2) is 273 Å². The van der Waals surface area contributed by atoms with Crippen molar-refractivity contribution in [3.05, 3.63) is 284 Å². The fourth-order valence-electron chi connectivity index (χ4n) is 10.1. The van der Waals surface area contributed by atoms with Crippen LogP contribution in [0.25, 0.3) is 100 Å². The molecule has 12 aromatic carbocycles. The molecule has 69 heavy (non-hydrogen) atoms. The van der Waals surface area contributed by atoms with Crippen LogP contribution in [0.1, 0.15) is 11.1 Å². The lowest BCUT2D eigenvalue weighted by Crippen LogP contribution is -2.09. The maximum Gasteiger partial charge on any atom is 0.0462 e. The molecular formula is C68H47N. The standard InChI is InChI=1S/C68H47N/c1-4-16-49(17-5-1)51-34-41-57(42-35-51)69(58-43-36-52(37-44-58)50-18-6-2-7-19-50)59-45-38-56(39-46-59)68-65-26-14-12-24-63(65)67(64-25-13-15-27-66(64)68)55-32-29-48(30-33-55)28-31-54-40-47-61(53-20-8-3-9-21-53)62-23-11-10-22-60(54)62/h1-47H. The van der Waals surface area contributed by atoms with Crippen LogP contribution in [0.4, 0.5) is 17.1 Å². The highest BCUT2D eigenvalue weighted by molar-refractivity contribution is 6.21. The average Bonchev–Trinajstić information content (AvgIpc) is 3.43. The van der Waals surface area contributed by atoms with E-state index in [9.17, 15) is 0 Å². The van der Waals surface area contributed by atoms with E-state index in [1.807, 2.05) is 0 Å². The molecule has 0 unspecified atom stereocenters. The fourth-order valence-corrected chi connectivity index (χ4v) is 10.1. The minimum atomic E-state index is 1.09. The predicted octanol–water partition coefficient (Wildman–Crippen LogP) is 19.1. The number of hydrogen-bond acceptors (Lipinski definition) is 1. The summed E-state index contributed by atoms with van der Waals surface area (Å²) in [6.45, 7) is 0. The van der Waals surface area contributed by atoms with Gasteiger partial charge in [-0.2, -0.15) is 0 Å². The van der Waals surface area contributed by atoms with Gasteiger partial charge in [0.1, 0.15) is 0 Å². The van der Waals surface area contributed by atoms with Gasteiger partial charge >= 0.3 is 0 Å². The Hall–Kier alpha value is -9.04. The summed E-state index contributed by atoms with van der Waals surface area (Å²) >= 11 is 0. The second kappa shape index (κ2) is 18.3. The fraction of sp³-hybridized carbons (Fsp3) is 0. The summed E-state index contributed by atoms with van der Waals surface area (Å²) in [7, 11) is 0. The summed E-state index contributed by atoms with van der Waals surface area (Å²) in [4.78, 5) is 2.36. The molecule has 0 aromatic heterocycles. The van der Waals surface area contributed by atoms with E-state index in [0.29, 0.717) is 0 Å². The largest absolute Gasteiger partial charge is 0.311 e. The Balaban J connectivity index is 0.895. The molecule has 0 N–H and O–H groups in total. The second-order valence-corrected chi connectivity index (χ2v) is 17.6. The summed E-state index contributed by atoms with van der Waals surface area (Å²) in [5.74, 6) is 0. The Morgan fingerprint density at radius 3 is 0.986 bits per heavy atom. The lowest BCUT2D eigenvalue weighted by atomic mass is 9.86. The van der Waals surface area contributed by atoms with Crippen molar-refractivity contribution >= 4 is 61.5 Å². The van der Waals surface area contributed by atoms with Gasteiger partial charge in [0, 0.05) is 17.1 Å². The van der Waals surface area contributed by atoms with Gasteiger partial charge in [-0.25, -0.2) is 0 Å². The molecule has 0 aliphatic rings. The molecule has 12 aromatic rings. The third kappa shape index (κ3) is 8.07. The molecule has 1 heteroatoms. The highest BCUT2D eigenvalue weighted by Crippen LogP contribution is 2.45. The third-order valence-corrected chi connectivity index (χ3v) is 13.5. The number of anilines is 3. The molecule has 0 bridgehead atoms. The Kier molecular flexibility index (Phi) is 11.0. The van der Waals surface area contributed by atoms with Gasteiger partial charge in [-0.3, -0.25) is 0 Å². The molecule has 0 heterocycles. The number of rotatable bonds is 10. The Morgan fingerprint density at radius 1 is 0.217 bits per heavy atom. The quantitative estimate of drug-likeness (QED) is 0.0977. The van der Waals surface area contributed by atoms with E-state index in [1.165, 1.54) is 93.5 Å². The Bertz CT molecular complexity index is 3620. The summed E-state index contributed by atoms with van der Waals surface area (Å²) < 4.78 is 0. The van der Waals surface area contributed by atoms with Crippen molar-refractivity contribution < 1.29 is 0 Å². The molecule has 0 saturated carbocycles. The molecule has 0 fully saturated rings. The minimum Gasteiger partial charge on any atom is -0.311 e. The lowest BCUT2D eigenvalue weighted by Gasteiger charge is -2.26. The second-order valence-electron chi connectivity index (χ2n) is 17.6. The van der Waals surface area contributed by atoms with Crippen molar-refractivity contribution in [2.75, 3.05) is 4.90 Å². The number of fused-ring (bicyclic) bond motifs is 3. The molecule has 324 valence electrons. The monoisotopic (exact) mass is 877 g/mol. The zero-order chi connectivity index (χ0) is 45.9. The van der Waals surface area contributed by atoms with E-state index in [-0.39, 0.29) is 0 Å². The first-order valence-electron chi connectivity index (χ1n) is 23.7. The lowest BCUT2D eigenvalue weighted by molar-refractivity contribution is 1.28. The Morgan fingerprint density at radius 2 is 0.551 bits per heavy atom. The molecule has 0 radical (unpaired) electrons. The Labute approximate surface area is 404 Å². The van der Waals surface area contributed by atoms with E-state index < -0.39 is 0 Å². The molecule has 1 nitrogen and oxygen atoms in total. The van der Waals surface area contributed by atoms with Crippen LogP contribution < -0.4 is 4.90 Å². The van der Waals surface area contributed by atoms with Gasteiger partial charge in [0.2, 0.25) is 0 Å². The maximum absolute atomic E-state index is 2.36. The summed E-state index contributed by atoms with van der Waals surface area (Å²) in [5, 5.41) is 7.46. The summed E-state index contributed by atoms with van der Waals surface area (Å²) in [6.07, 6.45) is 4.48. The van der Waals surface area contributed by atoms with Gasteiger partial charge in [0.25, 0.3) is 0 Å². The van der Waals surface area contributed by atoms with E-state index in [2.05, 4.69) is 290 Å². The maximum atomic E-state index is 2.36. The van der Waals surface area contributed by atoms with Crippen LogP contribution >= 0.6 is 0 Å². The van der Waals surface area contributed by atoms with Gasteiger partial charge < -0.3 is 4.90 Å². The SMILES string of the molecule is C(=Cc1ccc(-c2ccccc2)c2ccccc12)c1ccc(-c2c3ccccc3c(-c3ccc(N(c4ccc(-c5ccccc5)cc4)c4ccc(-c5ccccc5)cc4)cc3)c3ccccc23)cc1. The third-order valence-electron chi connectivity index (χ3n) is 13.5. The smallest absolute Gasteiger partial charge is 0.0462 e. The highest BCUT2D eigenvalue weighted by atomic mass is 15.1. The molecule has 0 aliphatic carbocycles. The zero-order valence-corrected chi connectivity index (χ0v) is 38.1.